The number of halogens is 3. The second-order valence-corrected chi connectivity index (χ2v) is 28.9. The monoisotopic (exact) mass is 1460 g/mol. The van der Waals surface area contributed by atoms with E-state index in [0.29, 0.717) is 66.7 Å². The fourth-order valence-electron chi connectivity index (χ4n) is 11.0. The average Bonchev–Trinajstić information content (AvgIpc) is 1.57. The summed E-state index contributed by atoms with van der Waals surface area (Å²) in [5, 5.41) is 48.7. The molecule has 30 heteroatoms. The summed E-state index contributed by atoms with van der Waals surface area (Å²) in [5.41, 5.74) is 5.51. The van der Waals surface area contributed by atoms with Gasteiger partial charge in [-0.15, -0.1) is 0 Å². The molecule has 3 heterocycles. The van der Waals surface area contributed by atoms with Gasteiger partial charge in [-0.05, 0) is 151 Å². The molecule has 0 amide bonds. The Kier molecular flexibility index (Phi) is 23.3. The second kappa shape index (κ2) is 31.1. The van der Waals surface area contributed by atoms with Gasteiger partial charge < -0.3 is 38.8 Å². The van der Waals surface area contributed by atoms with Gasteiger partial charge in [-0.3, -0.25) is 12.9 Å². The maximum absolute atomic E-state index is 13.5. The van der Waals surface area contributed by atoms with E-state index in [1.165, 1.54) is 142 Å². The first-order valence-electron chi connectivity index (χ1n) is 30.1. The van der Waals surface area contributed by atoms with Crippen LogP contribution >= 0.6 is 0 Å². The van der Waals surface area contributed by atoms with Crippen LogP contribution in [0, 0.1) is 40.1 Å². The first-order chi connectivity index (χ1) is 48.2. The molecule has 0 aliphatic heterocycles. The van der Waals surface area contributed by atoms with E-state index in [2.05, 4.69) is 6.07 Å². The smallest absolute Gasteiger partial charge is 0.870 e. The SMILES string of the molecule is CCOC(=O)c1c(-c2ccc(F)cc2)oc2cc(N(C)S(C)(=O)=O)c(-c3cccc(C#N)c3)cc12.CN(c1cc2oc(-c3ccc(F)cc3)c(C(=O)O)c2cc1-c1cccc(C#N)c1)S(C)(=O)=O.CN(c1cc2oc(-c3ccc(F)cc3)c(C(=O)O)c2cc1-c1cccc(C(=O)O)c1)S(C)(=O)=O.[Li+].[OH-]. The first kappa shape index (κ1) is 77.8. The molecule has 104 heavy (non-hydrogen) atoms. The zero-order valence-corrected chi connectivity index (χ0v) is 58.6. The van der Waals surface area contributed by atoms with Crippen molar-refractivity contribution in [1.29, 1.82) is 10.5 Å². The molecule has 4 N–H and O–H groups in total. The van der Waals surface area contributed by atoms with Gasteiger partial charge in [0.2, 0.25) is 30.1 Å². The molecule has 0 aliphatic carbocycles. The van der Waals surface area contributed by atoms with Crippen LogP contribution in [-0.2, 0) is 34.8 Å². The van der Waals surface area contributed by atoms with Crippen LogP contribution in [0.4, 0.5) is 30.2 Å². The van der Waals surface area contributed by atoms with E-state index in [4.69, 9.17) is 18.0 Å². The molecule has 0 fully saturated rings. The Hall–Kier alpha value is -11.9. The standard InChI is InChI=1S/C26H21FN2O5S.C24H17FN2O5S.C24H18FNO7S.Li.H2O/c1-4-33-26(30)24-21-13-20(18-7-5-6-16(12-18)15-28)22(29(2)35(3,31)32)14-23(21)34-25(24)17-8-10-19(27)11-9-17;1-27(33(2,30)31)20-12-21-19(11-18(20)16-5-3-4-14(10-16)13-26)22(24(28)29)23(32-21)15-6-8-17(25)9-7-15;1-26(34(2,31)32)19-12-20-18(11-17(19)14-4-3-5-15(10-14)23(27)28)21(24(29)30)22(33-20)13-6-8-16(25)9-7-13;;/h5-14H,4H2,1-3H3;3-12H,1-2H3,(H,28,29);3-12H,1-2H3,(H,27,28)(H,29,30);;1H2/q;;;+1;/p-1. The minimum atomic E-state index is -3.74. The van der Waals surface area contributed by atoms with Crippen molar-refractivity contribution in [1.82, 2.24) is 0 Å². The number of ether oxygens (including phenoxy) is 1. The van der Waals surface area contributed by atoms with Gasteiger partial charge in [0.15, 0.2) is 0 Å². The Morgan fingerprint density at radius 1 is 0.433 bits per heavy atom. The number of sulfonamides is 3. The topological polar surface area (TPSA) is 367 Å². The third kappa shape index (κ3) is 16.3. The van der Waals surface area contributed by atoms with Crippen molar-refractivity contribution in [3.63, 3.8) is 0 Å². The van der Waals surface area contributed by atoms with Gasteiger partial charge in [0, 0.05) is 88.9 Å². The van der Waals surface area contributed by atoms with Crippen LogP contribution in [0.15, 0.2) is 195 Å². The maximum Gasteiger partial charge on any atom is 1.00 e. The number of esters is 1. The number of furan rings is 3. The van der Waals surface area contributed by atoms with Crippen LogP contribution in [0.5, 0.6) is 0 Å². The number of hydrogen-bond donors (Lipinski definition) is 3. The zero-order chi connectivity index (χ0) is 74.0. The van der Waals surface area contributed by atoms with E-state index in [-0.39, 0.29) is 115 Å². The molecule has 0 spiro atoms. The summed E-state index contributed by atoms with van der Waals surface area (Å²) in [7, 11) is -6.98. The van der Waals surface area contributed by atoms with Crippen molar-refractivity contribution in [3.05, 3.63) is 233 Å². The number of hydrogen-bond acceptors (Lipinski definition) is 17. The molecule has 0 saturated heterocycles. The molecule has 0 unspecified atom stereocenters. The third-order valence-corrected chi connectivity index (χ3v) is 19.8. The molecular weight excluding hydrogens is 1410 g/mol. The molecule has 9 aromatic carbocycles. The Morgan fingerprint density at radius 2 is 0.731 bits per heavy atom. The van der Waals surface area contributed by atoms with Gasteiger partial charge in [-0.25, -0.2) is 57.6 Å². The number of carbonyl (C=O) groups is 4. The van der Waals surface area contributed by atoms with Crippen molar-refractivity contribution in [2.75, 3.05) is 59.4 Å². The van der Waals surface area contributed by atoms with E-state index in [0.717, 1.165) is 31.7 Å². The molecule has 0 radical (unpaired) electrons. The summed E-state index contributed by atoms with van der Waals surface area (Å²) in [4.78, 5) is 48.8. The van der Waals surface area contributed by atoms with Crippen molar-refractivity contribution in [3.8, 4) is 79.5 Å². The van der Waals surface area contributed by atoms with E-state index in [1.807, 2.05) is 6.07 Å². The number of carboxylic acids is 3. The quantitative estimate of drug-likeness (QED) is 0.0563. The normalized spacial score (nSPS) is 11.2. The molecule has 0 bridgehead atoms. The third-order valence-electron chi connectivity index (χ3n) is 16.2. The molecule has 526 valence electrons. The molecule has 0 saturated carbocycles. The molecule has 12 rings (SSSR count). The van der Waals surface area contributed by atoms with Crippen molar-refractivity contribution < 1.29 is 115 Å². The number of rotatable bonds is 17. The van der Waals surface area contributed by atoms with Gasteiger partial charge >= 0.3 is 42.7 Å². The fraction of sp³-hybridized carbons (Fsp3) is 0.108. The van der Waals surface area contributed by atoms with Crippen LogP contribution in [0.1, 0.15) is 59.5 Å². The van der Waals surface area contributed by atoms with E-state index >= 15 is 0 Å². The van der Waals surface area contributed by atoms with Crippen LogP contribution in [0.2, 0.25) is 0 Å². The van der Waals surface area contributed by atoms with Crippen molar-refractivity contribution in [2.24, 2.45) is 0 Å². The molecule has 3 aromatic heterocycles. The van der Waals surface area contributed by atoms with Crippen molar-refractivity contribution in [2.45, 2.75) is 6.92 Å². The van der Waals surface area contributed by atoms with Crippen LogP contribution in [0.3, 0.4) is 0 Å². The second-order valence-electron chi connectivity index (χ2n) is 22.8. The largest absolute Gasteiger partial charge is 1.00 e. The zero-order valence-electron chi connectivity index (χ0n) is 56.1. The number of nitriles is 2. The van der Waals surface area contributed by atoms with Gasteiger partial charge in [0.05, 0.1) is 71.3 Å². The number of carbonyl (C=O) groups excluding carboxylic acids is 1. The number of fused-ring (bicyclic) bond motifs is 3. The Bertz CT molecular complexity index is 5840. The maximum atomic E-state index is 13.5. The number of carboxylic acid groups (broad SMARTS) is 3. The van der Waals surface area contributed by atoms with Crippen LogP contribution in [0.25, 0.3) is 100 Å². The van der Waals surface area contributed by atoms with Crippen molar-refractivity contribution >= 4 is 104 Å². The molecule has 23 nitrogen and oxygen atoms in total. The predicted octanol–water partition coefficient (Wildman–Crippen LogP) is 11.7. The summed E-state index contributed by atoms with van der Waals surface area (Å²) < 4.78 is 141. The minimum Gasteiger partial charge on any atom is -0.870 e. The molecule has 12 aromatic rings. The molecule has 0 atom stereocenters. The minimum absolute atomic E-state index is 0. The number of aromatic carboxylic acids is 3. The molecular formula is C74H57F3LiN5O18S3. The summed E-state index contributed by atoms with van der Waals surface area (Å²) >= 11 is 0. The summed E-state index contributed by atoms with van der Waals surface area (Å²) in [5.74, 6) is -5.62. The van der Waals surface area contributed by atoms with E-state index < -0.39 is 71.4 Å². The van der Waals surface area contributed by atoms with Gasteiger partial charge in [-0.1, -0.05) is 36.4 Å². The van der Waals surface area contributed by atoms with E-state index in [9.17, 15) is 83.4 Å². The number of benzene rings is 9. The number of nitrogens with zero attached hydrogens (tertiary/aromatic N) is 5. The Balaban J connectivity index is 0.000000196. The van der Waals surface area contributed by atoms with Crippen LogP contribution in [-0.4, -0.2) is 116 Å². The summed E-state index contributed by atoms with van der Waals surface area (Å²) in [6.45, 7) is 1.80. The average molecular weight is 1460 g/mol. The van der Waals surface area contributed by atoms with Gasteiger partial charge in [0.1, 0.15) is 68.2 Å². The predicted molar refractivity (Wildman–Crippen MR) is 379 cm³/mol. The van der Waals surface area contributed by atoms with Gasteiger partial charge in [0.25, 0.3) is 0 Å². The fourth-order valence-corrected chi connectivity index (χ4v) is 12.5. The Labute approximate surface area is 604 Å². The Morgan fingerprint density at radius 3 is 1.02 bits per heavy atom. The van der Waals surface area contributed by atoms with Gasteiger partial charge in [-0.2, -0.15) is 10.5 Å². The van der Waals surface area contributed by atoms with E-state index in [1.54, 1.807) is 67.6 Å². The first-order valence-corrected chi connectivity index (χ1v) is 35.6. The molecule has 0 aliphatic rings. The number of anilines is 3. The van der Waals surface area contributed by atoms with Crippen LogP contribution < -0.4 is 31.8 Å². The summed E-state index contributed by atoms with van der Waals surface area (Å²) in [6.07, 6.45) is 3.12. The summed E-state index contributed by atoms with van der Waals surface area (Å²) in [6, 6.07) is 47.9.